The molecule has 0 saturated carbocycles. The normalized spacial score (nSPS) is 17.4. The zero-order valence-electron chi connectivity index (χ0n) is 7.95. The van der Waals surface area contributed by atoms with Crippen LogP contribution in [0.15, 0.2) is 18.5 Å². The van der Waals surface area contributed by atoms with E-state index in [4.69, 9.17) is 9.29 Å². The van der Waals surface area contributed by atoms with Crippen molar-refractivity contribution in [1.82, 2.24) is 9.97 Å². The van der Waals surface area contributed by atoms with Crippen LogP contribution in [-0.2, 0) is 15.8 Å². The van der Waals surface area contributed by atoms with Crippen molar-refractivity contribution < 1.29 is 13.5 Å². The van der Waals surface area contributed by atoms with Gasteiger partial charge in [-0.25, -0.2) is 14.2 Å². The number of hydrogen-bond donors (Lipinski definition) is 1. The lowest BCUT2D eigenvalue weighted by Gasteiger charge is -2.17. The second-order valence-electron chi connectivity index (χ2n) is 2.74. The molecular weight excluding hydrogens is 204 g/mol. The lowest BCUT2D eigenvalue weighted by atomic mass is 10.2. The summed E-state index contributed by atoms with van der Waals surface area (Å²) in [6, 6.07) is 1.68. The molecule has 1 aromatic rings. The van der Waals surface area contributed by atoms with Crippen molar-refractivity contribution in [3.05, 3.63) is 24.3 Å². The predicted molar refractivity (Wildman–Crippen MR) is 52.0 cm³/mol. The van der Waals surface area contributed by atoms with E-state index >= 15 is 0 Å². The Kier molecular flexibility index (Phi) is 4.12. The molecule has 1 heterocycles. The molecule has 0 aromatic carbocycles. The van der Waals surface area contributed by atoms with Crippen LogP contribution in [0.5, 0.6) is 0 Å². The Bertz CT molecular complexity index is 307. The summed E-state index contributed by atoms with van der Waals surface area (Å²) in [5, 5.41) is -0.553. The maximum Gasteiger partial charge on any atom is 0.158 e. The summed E-state index contributed by atoms with van der Waals surface area (Å²) in [7, 11) is 1.46. The average Bonchev–Trinajstić information content (AvgIpc) is 2.20. The Morgan fingerprint density at radius 2 is 2.07 bits per heavy atom. The van der Waals surface area contributed by atoms with E-state index in [1.165, 1.54) is 7.11 Å². The molecule has 1 rings (SSSR count). The Labute approximate surface area is 84.8 Å². The van der Waals surface area contributed by atoms with Gasteiger partial charge in [0.2, 0.25) is 0 Å². The van der Waals surface area contributed by atoms with Gasteiger partial charge in [-0.2, -0.15) is 0 Å². The summed E-state index contributed by atoms with van der Waals surface area (Å²) < 4.78 is 24.9. The van der Waals surface area contributed by atoms with Gasteiger partial charge in [-0.1, -0.05) is 0 Å². The van der Waals surface area contributed by atoms with Gasteiger partial charge >= 0.3 is 0 Å². The standard InChI is InChI=1S/C8H12N2O3S/c1-6(14(11)12)7(13-2)8-9-4-3-5-10-8/h3-7H,1-2H3,(H,11,12)/t6-,7-/m0/s1. The van der Waals surface area contributed by atoms with Gasteiger partial charge in [0.25, 0.3) is 0 Å². The number of rotatable bonds is 4. The maximum absolute atomic E-state index is 10.8. The van der Waals surface area contributed by atoms with Gasteiger partial charge in [0.05, 0.1) is 5.25 Å². The first-order valence-corrected chi connectivity index (χ1v) is 5.23. The third kappa shape index (κ3) is 2.57. The number of ether oxygens (including phenoxy) is 1. The van der Waals surface area contributed by atoms with E-state index in [0.29, 0.717) is 5.82 Å². The SMILES string of the molecule is CO[C@H](c1ncccn1)[C@H](C)S(=O)O. The van der Waals surface area contributed by atoms with Gasteiger partial charge in [-0.05, 0) is 13.0 Å². The highest BCUT2D eigenvalue weighted by molar-refractivity contribution is 7.79. The number of aromatic nitrogens is 2. The van der Waals surface area contributed by atoms with E-state index in [1.807, 2.05) is 0 Å². The second kappa shape index (κ2) is 5.14. The molecule has 14 heavy (non-hydrogen) atoms. The molecule has 3 atom stereocenters. The minimum Gasteiger partial charge on any atom is -0.372 e. The summed E-state index contributed by atoms with van der Waals surface area (Å²) in [6.45, 7) is 1.61. The Morgan fingerprint density at radius 1 is 1.50 bits per heavy atom. The van der Waals surface area contributed by atoms with Crippen LogP contribution in [0.4, 0.5) is 0 Å². The zero-order valence-corrected chi connectivity index (χ0v) is 8.77. The van der Waals surface area contributed by atoms with Crippen molar-refractivity contribution in [1.29, 1.82) is 0 Å². The van der Waals surface area contributed by atoms with Crippen molar-refractivity contribution in [2.45, 2.75) is 18.3 Å². The Morgan fingerprint density at radius 3 is 2.50 bits per heavy atom. The molecule has 1 aromatic heterocycles. The molecule has 0 aliphatic rings. The fourth-order valence-corrected chi connectivity index (χ4v) is 1.51. The van der Waals surface area contributed by atoms with Gasteiger partial charge in [0.1, 0.15) is 6.10 Å². The monoisotopic (exact) mass is 216 g/mol. The molecular formula is C8H12N2O3S. The van der Waals surface area contributed by atoms with Crippen LogP contribution in [0.25, 0.3) is 0 Å². The first-order chi connectivity index (χ1) is 6.66. The predicted octanol–water partition coefficient (Wildman–Crippen LogP) is 0.774. The Hall–Kier alpha value is -0.850. The van der Waals surface area contributed by atoms with E-state index in [0.717, 1.165) is 0 Å². The molecule has 0 bridgehead atoms. The fraction of sp³-hybridized carbons (Fsp3) is 0.500. The molecule has 5 nitrogen and oxygen atoms in total. The largest absolute Gasteiger partial charge is 0.372 e. The zero-order chi connectivity index (χ0) is 10.6. The van der Waals surface area contributed by atoms with Gasteiger partial charge in [-0.3, -0.25) is 0 Å². The molecule has 1 N–H and O–H groups in total. The van der Waals surface area contributed by atoms with Crippen LogP contribution in [0.1, 0.15) is 18.9 Å². The van der Waals surface area contributed by atoms with E-state index in [9.17, 15) is 4.21 Å². The number of methoxy groups -OCH3 is 1. The first-order valence-electron chi connectivity index (χ1n) is 4.06. The molecule has 0 amide bonds. The molecule has 1 unspecified atom stereocenters. The maximum atomic E-state index is 10.8. The summed E-state index contributed by atoms with van der Waals surface area (Å²) in [6.07, 6.45) is 2.59. The second-order valence-corrected chi connectivity index (χ2v) is 4.04. The fourth-order valence-electron chi connectivity index (χ4n) is 1.07. The molecule has 0 fully saturated rings. The average molecular weight is 216 g/mol. The van der Waals surface area contributed by atoms with Crippen LogP contribution in [0, 0.1) is 0 Å². The summed E-state index contributed by atoms with van der Waals surface area (Å²) in [4.78, 5) is 7.94. The van der Waals surface area contributed by atoms with Crippen LogP contribution < -0.4 is 0 Å². The topological polar surface area (TPSA) is 72.3 Å². The highest BCUT2D eigenvalue weighted by Crippen LogP contribution is 2.19. The van der Waals surface area contributed by atoms with E-state index in [1.54, 1.807) is 25.4 Å². The highest BCUT2D eigenvalue weighted by Gasteiger charge is 2.25. The van der Waals surface area contributed by atoms with Crippen molar-refractivity contribution in [2.24, 2.45) is 0 Å². The van der Waals surface area contributed by atoms with Gasteiger partial charge in [0, 0.05) is 19.5 Å². The summed E-state index contributed by atoms with van der Waals surface area (Å²) >= 11 is -1.95. The van der Waals surface area contributed by atoms with E-state index < -0.39 is 22.4 Å². The lowest BCUT2D eigenvalue weighted by molar-refractivity contribution is 0.0945. The van der Waals surface area contributed by atoms with E-state index in [-0.39, 0.29) is 0 Å². The van der Waals surface area contributed by atoms with Crippen LogP contribution >= 0.6 is 0 Å². The van der Waals surface area contributed by atoms with Crippen LogP contribution in [0.2, 0.25) is 0 Å². The smallest absolute Gasteiger partial charge is 0.158 e. The van der Waals surface area contributed by atoms with Crippen molar-refractivity contribution in [3.63, 3.8) is 0 Å². The third-order valence-corrected chi connectivity index (χ3v) is 2.72. The van der Waals surface area contributed by atoms with Crippen molar-refractivity contribution in [3.8, 4) is 0 Å². The van der Waals surface area contributed by atoms with Crippen molar-refractivity contribution >= 4 is 11.1 Å². The van der Waals surface area contributed by atoms with Crippen molar-refractivity contribution in [2.75, 3.05) is 7.11 Å². The minimum atomic E-state index is -1.95. The van der Waals surface area contributed by atoms with Gasteiger partial charge < -0.3 is 9.29 Å². The van der Waals surface area contributed by atoms with Gasteiger partial charge in [0.15, 0.2) is 16.9 Å². The molecule has 0 saturated heterocycles. The number of nitrogens with zero attached hydrogens (tertiary/aromatic N) is 2. The van der Waals surface area contributed by atoms with Crippen LogP contribution in [-0.4, -0.2) is 31.1 Å². The number of hydrogen-bond acceptors (Lipinski definition) is 4. The molecule has 0 aliphatic heterocycles. The molecule has 6 heteroatoms. The summed E-state index contributed by atoms with van der Waals surface area (Å²) in [5.41, 5.74) is 0. The first kappa shape index (κ1) is 11.2. The van der Waals surface area contributed by atoms with E-state index in [2.05, 4.69) is 9.97 Å². The molecule has 0 aliphatic carbocycles. The molecule has 0 radical (unpaired) electrons. The lowest BCUT2D eigenvalue weighted by Crippen LogP contribution is -2.23. The third-order valence-electron chi connectivity index (χ3n) is 1.84. The molecule has 78 valence electrons. The van der Waals surface area contributed by atoms with Gasteiger partial charge in [-0.15, -0.1) is 0 Å². The highest BCUT2D eigenvalue weighted by atomic mass is 32.2. The van der Waals surface area contributed by atoms with Crippen LogP contribution in [0.3, 0.4) is 0 Å². The molecule has 0 spiro atoms. The quantitative estimate of drug-likeness (QED) is 0.753. The Balaban J connectivity index is 2.87. The minimum absolute atomic E-state index is 0.421. The summed E-state index contributed by atoms with van der Waals surface area (Å²) in [5.74, 6) is 0.421.